The summed E-state index contributed by atoms with van der Waals surface area (Å²) in [6, 6.07) is 10.3. The van der Waals surface area contributed by atoms with Crippen LogP contribution in [0.4, 0.5) is 8.78 Å². The van der Waals surface area contributed by atoms with Gasteiger partial charge in [0, 0.05) is 30.2 Å². The van der Waals surface area contributed by atoms with E-state index in [0.29, 0.717) is 5.02 Å². The van der Waals surface area contributed by atoms with Gasteiger partial charge in [-0.3, -0.25) is 4.79 Å². The average molecular weight is 310 g/mol. The highest BCUT2D eigenvalue weighted by molar-refractivity contribution is 6.30. The Morgan fingerprint density at radius 1 is 1.14 bits per heavy atom. The molecule has 2 rings (SSSR count). The summed E-state index contributed by atoms with van der Waals surface area (Å²) in [5, 5.41) is 0.605. The molecule has 2 aromatic rings. The van der Waals surface area contributed by atoms with E-state index in [2.05, 4.69) is 0 Å². The minimum absolute atomic E-state index is 0.0958. The van der Waals surface area contributed by atoms with E-state index in [1.807, 2.05) is 0 Å². The lowest BCUT2D eigenvalue weighted by atomic mass is 10.1. The Labute approximate surface area is 127 Å². The number of carbonyl (C=O) groups is 1. The van der Waals surface area contributed by atoms with Gasteiger partial charge in [-0.05, 0) is 23.8 Å². The molecule has 0 N–H and O–H groups in total. The number of halogens is 3. The van der Waals surface area contributed by atoms with Crippen molar-refractivity contribution in [2.24, 2.45) is 0 Å². The number of rotatable bonds is 4. The molecule has 1 amide bonds. The molecule has 0 bridgehead atoms. The van der Waals surface area contributed by atoms with Gasteiger partial charge in [0.2, 0.25) is 5.91 Å². The molecule has 0 spiro atoms. The number of benzene rings is 2. The zero-order valence-electron chi connectivity index (χ0n) is 11.4. The molecule has 0 heterocycles. The molecule has 2 aromatic carbocycles. The number of hydrogen-bond donors (Lipinski definition) is 0. The first-order valence-corrected chi connectivity index (χ1v) is 6.76. The van der Waals surface area contributed by atoms with Gasteiger partial charge in [0.1, 0.15) is 11.6 Å². The van der Waals surface area contributed by atoms with Crippen molar-refractivity contribution in [2.45, 2.75) is 13.0 Å². The molecular weight excluding hydrogens is 296 g/mol. The van der Waals surface area contributed by atoms with Crippen molar-refractivity contribution in [3.05, 3.63) is 70.2 Å². The number of amides is 1. The lowest BCUT2D eigenvalue weighted by Crippen LogP contribution is -2.28. The predicted molar refractivity (Wildman–Crippen MR) is 78.0 cm³/mol. The summed E-state index contributed by atoms with van der Waals surface area (Å²) in [7, 11) is 1.58. The molecule has 0 aromatic heterocycles. The minimum Gasteiger partial charge on any atom is -0.341 e. The normalized spacial score (nSPS) is 10.5. The fourth-order valence-electron chi connectivity index (χ4n) is 1.91. The van der Waals surface area contributed by atoms with Crippen LogP contribution in [0.3, 0.4) is 0 Å². The Morgan fingerprint density at radius 2 is 1.81 bits per heavy atom. The number of nitrogens with zero attached hydrogens (tertiary/aromatic N) is 1. The van der Waals surface area contributed by atoms with Crippen LogP contribution in [0.25, 0.3) is 0 Å². The van der Waals surface area contributed by atoms with Crippen LogP contribution in [0.5, 0.6) is 0 Å². The predicted octanol–water partition coefficient (Wildman–Crippen LogP) is 3.82. The highest BCUT2D eigenvalue weighted by Gasteiger charge is 2.13. The lowest BCUT2D eigenvalue weighted by molar-refractivity contribution is -0.129. The molecule has 0 aliphatic carbocycles. The zero-order chi connectivity index (χ0) is 15.4. The van der Waals surface area contributed by atoms with E-state index in [1.54, 1.807) is 31.3 Å². The second-order valence-corrected chi connectivity index (χ2v) is 5.23. The highest BCUT2D eigenvalue weighted by atomic mass is 35.5. The van der Waals surface area contributed by atoms with Gasteiger partial charge in [0.25, 0.3) is 0 Å². The second-order valence-electron chi connectivity index (χ2n) is 4.79. The number of carbonyl (C=O) groups excluding carboxylic acids is 1. The van der Waals surface area contributed by atoms with Crippen molar-refractivity contribution in [1.29, 1.82) is 0 Å². The van der Waals surface area contributed by atoms with E-state index < -0.39 is 11.6 Å². The number of likely N-dealkylation sites (N-methyl/N-ethyl adjacent to an activating group) is 1. The van der Waals surface area contributed by atoms with Gasteiger partial charge in [-0.25, -0.2) is 8.78 Å². The maximum absolute atomic E-state index is 13.6. The highest BCUT2D eigenvalue weighted by Crippen LogP contribution is 2.14. The quantitative estimate of drug-likeness (QED) is 0.841. The third-order valence-electron chi connectivity index (χ3n) is 3.12. The monoisotopic (exact) mass is 309 g/mol. The summed E-state index contributed by atoms with van der Waals surface area (Å²) in [6.07, 6.45) is 0.205. The number of hydrogen-bond acceptors (Lipinski definition) is 1. The summed E-state index contributed by atoms with van der Waals surface area (Å²) in [4.78, 5) is 13.5. The fourth-order valence-corrected chi connectivity index (χ4v) is 2.03. The standard InChI is InChI=1S/C16H14ClF2NO/c1-20(10-12-4-7-14(18)9-15(12)19)16(21)8-11-2-5-13(17)6-3-11/h2-7,9H,8,10H2,1H3. The average Bonchev–Trinajstić information content (AvgIpc) is 2.44. The van der Waals surface area contributed by atoms with Crippen molar-refractivity contribution >= 4 is 17.5 Å². The van der Waals surface area contributed by atoms with E-state index in [-0.39, 0.29) is 24.4 Å². The first-order chi connectivity index (χ1) is 9.95. The molecule has 0 saturated carbocycles. The smallest absolute Gasteiger partial charge is 0.227 e. The molecule has 21 heavy (non-hydrogen) atoms. The van der Waals surface area contributed by atoms with Crippen molar-refractivity contribution < 1.29 is 13.6 Å². The van der Waals surface area contributed by atoms with E-state index in [1.165, 1.54) is 17.0 Å². The topological polar surface area (TPSA) is 20.3 Å². The van der Waals surface area contributed by atoms with Gasteiger partial charge in [-0.1, -0.05) is 29.8 Å². The molecule has 110 valence electrons. The van der Waals surface area contributed by atoms with Gasteiger partial charge in [-0.2, -0.15) is 0 Å². The first-order valence-electron chi connectivity index (χ1n) is 6.38. The molecule has 0 atom stereocenters. The third kappa shape index (κ3) is 4.26. The fraction of sp³-hybridized carbons (Fsp3) is 0.188. The van der Waals surface area contributed by atoms with E-state index in [9.17, 15) is 13.6 Å². The van der Waals surface area contributed by atoms with Gasteiger partial charge in [-0.15, -0.1) is 0 Å². The van der Waals surface area contributed by atoms with Crippen molar-refractivity contribution in [3.8, 4) is 0 Å². The Hall–Kier alpha value is -1.94. The SMILES string of the molecule is CN(Cc1ccc(F)cc1F)C(=O)Cc1ccc(Cl)cc1. The minimum atomic E-state index is -0.652. The summed E-state index contributed by atoms with van der Waals surface area (Å²) < 4.78 is 26.4. The van der Waals surface area contributed by atoms with Crippen LogP contribution in [-0.4, -0.2) is 17.9 Å². The molecule has 5 heteroatoms. The first kappa shape index (κ1) is 15.4. The third-order valence-corrected chi connectivity index (χ3v) is 3.37. The summed E-state index contributed by atoms with van der Waals surface area (Å²) in [6.45, 7) is 0.0958. The Bertz CT molecular complexity index is 643. The van der Waals surface area contributed by atoms with Crippen molar-refractivity contribution in [3.63, 3.8) is 0 Å². The molecule has 0 fully saturated rings. The molecule has 0 aliphatic rings. The van der Waals surface area contributed by atoms with E-state index >= 15 is 0 Å². The molecule has 0 unspecified atom stereocenters. The summed E-state index contributed by atoms with van der Waals surface area (Å²) in [5.41, 5.74) is 1.11. The van der Waals surface area contributed by atoms with E-state index in [4.69, 9.17) is 11.6 Å². The molecule has 2 nitrogen and oxygen atoms in total. The van der Waals surface area contributed by atoms with Gasteiger partial charge in [0.05, 0.1) is 6.42 Å². The molecule has 0 aliphatic heterocycles. The van der Waals surface area contributed by atoms with Crippen LogP contribution >= 0.6 is 11.6 Å². The van der Waals surface area contributed by atoms with Gasteiger partial charge in [0.15, 0.2) is 0 Å². The molecule has 0 radical (unpaired) electrons. The van der Waals surface area contributed by atoms with Crippen LogP contribution in [0.15, 0.2) is 42.5 Å². The lowest BCUT2D eigenvalue weighted by Gasteiger charge is -2.17. The van der Waals surface area contributed by atoms with Crippen LogP contribution in [0.1, 0.15) is 11.1 Å². The maximum atomic E-state index is 13.6. The van der Waals surface area contributed by atoms with Crippen molar-refractivity contribution in [2.75, 3.05) is 7.05 Å². The molecular formula is C16H14ClF2NO. The maximum Gasteiger partial charge on any atom is 0.227 e. The van der Waals surface area contributed by atoms with Crippen LogP contribution < -0.4 is 0 Å². The van der Waals surface area contributed by atoms with Gasteiger partial charge >= 0.3 is 0 Å². The van der Waals surface area contributed by atoms with E-state index in [0.717, 1.165) is 11.6 Å². The summed E-state index contributed by atoms with van der Waals surface area (Å²) in [5.74, 6) is -1.44. The summed E-state index contributed by atoms with van der Waals surface area (Å²) >= 11 is 5.78. The molecule has 0 saturated heterocycles. The van der Waals surface area contributed by atoms with Crippen molar-refractivity contribution in [1.82, 2.24) is 4.90 Å². The Morgan fingerprint density at radius 3 is 2.43 bits per heavy atom. The zero-order valence-corrected chi connectivity index (χ0v) is 12.2. The van der Waals surface area contributed by atoms with Crippen LogP contribution in [-0.2, 0) is 17.8 Å². The van der Waals surface area contributed by atoms with Gasteiger partial charge < -0.3 is 4.90 Å². The Kier molecular flexibility index (Phi) is 4.91. The van der Waals surface area contributed by atoms with Crippen LogP contribution in [0, 0.1) is 11.6 Å². The van der Waals surface area contributed by atoms with Crippen LogP contribution in [0.2, 0.25) is 5.02 Å². The second kappa shape index (κ2) is 6.68. The Balaban J connectivity index is 2.00. The largest absolute Gasteiger partial charge is 0.341 e.